The van der Waals surface area contributed by atoms with Crippen molar-refractivity contribution >= 4 is 11.9 Å². The average Bonchev–Trinajstić information content (AvgIpc) is 3.54. The lowest BCUT2D eigenvalue weighted by Gasteiger charge is -2.18. The highest BCUT2D eigenvalue weighted by Gasteiger charge is 2.67. The fraction of sp³-hybridized carbons (Fsp3) is 0.417. The lowest BCUT2D eigenvalue weighted by molar-refractivity contribution is -0.154. The summed E-state index contributed by atoms with van der Waals surface area (Å²) in [5.41, 5.74) is 1.59. The average molecular weight is 427 g/mol. The topological polar surface area (TPSA) is 83.1 Å². The highest BCUT2D eigenvalue weighted by Crippen LogP contribution is 2.61. The molecule has 2 aromatic rings. The van der Waals surface area contributed by atoms with Gasteiger partial charge in [-0.3, -0.25) is 9.59 Å². The Hall–Kier alpha value is -3.22. The molecule has 1 aliphatic rings. The molecule has 1 aliphatic carbocycles. The molecule has 0 heterocycles. The van der Waals surface area contributed by atoms with Gasteiger partial charge in [-0.25, -0.2) is 0 Å². The molecule has 0 unspecified atom stereocenters. The van der Waals surface area contributed by atoms with E-state index in [2.05, 4.69) is 5.32 Å². The van der Waals surface area contributed by atoms with E-state index in [1.165, 1.54) is 21.3 Å². The lowest BCUT2D eigenvalue weighted by Crippen LogP contribution is -2.39. The van der Waals surface area contributed by atoms with Gasteiger partial charge in [0, 0.05) is 12.5 Å². The van der Waals surface area contributed by atoms with E-state index < -0.39 is 11.4 Å². The molecule has 0 saturated heterocycles. The molecule has 0 bridgehead atoms. The van der Waals surface area contributed by atoms with Gasteiger partial charge in [0.2, 0.25) is 11.7 Å². The Morgan fingerprint density at radius 2 is 1.65 bits per heavy atom. The highest BCUT2D eigenvalue weighted by atomic mass is 16.5. The monoisotopic (exact) mass is 427 g/mol. The number of hydrogen-bond acceptors (Lipinski definition) is 6. The van der Waals surface area contributed by atoms with E-state index in [9.17, 15) is 9.59 Å². The van der Waals surface area contributed by atoms with E-state index in [0.717, 1.165) is 16.7 Å². The first-order valence-corrected chi connectivity index (χ1v) is 10.2. The van der Waals surface area contributed by atoms with Crippen molar-refractivity contribution in [2.45, 2.75) is 32.7 Å². The van der Waals surface area contributed by atoms with Crippen molar-refractivity contribution in [1.82, 2.24) is 5.32 Å². The Balaban J connectivity index is 1.88. The summed E-state index contributed by atoms with van der Waals surface area (Å²) in [5.74, 6) is 0.196. The number of amides is 1. The lowest BCUT2D eigenvalue weighted by atomic mass is 9.97. The number of methoxy groups -OCH3 is 3. The second-order valence-corrected chi connectivity index (χ2v) is 7.58. The third kappa shape index (κ3) is 4.31. The number of aryl methyl sites for hydroxylation is 1. The molecule has 7 nitrogen and oxygen atoms in total. The minimum absolute atomic E-state index is 0.202. The molecule has 166 valence electrons. The van der Waals surface area contributed by atoms with Gasteiger partial charge in [0.25, 0.3) is 0 Å². The van der Waals surface area contributed by atoms with Gasteiger partial charge in [0.15, 0.2) is 16.9 Å². The van der Waals surface area contributed by atoms with Crippen molar-refractivity contribution in [3.05, 3.63) is 53.1 Å². The molecule has 0 radical (unpaired) electrons. The highest BCUT2D eigenvalue weighted by molar-refractivity contribution is 6.07. The van der Waals surface area contributed by atoms with Gasteiger partial charge < -0.3 is 24.3 Å². The summed E-state index contributed by atoms with van der Waals surface area (Å²) in [4.78, 5) is 26.1. The van der Waals surface area contributed by atoms with E-state index in [-0.39, 0.29) is 18.4 Å². The standard InChI is InChI=1S/C24H29NO6/c1-6-31-23(27)24(22(26)25-14-16-9-7-15(2)8-10-16)13-18(24)17-11-19(28-3)21(30-5)20(12-17)29-4/h7-12,18H,6,13-14H2,1-5H3,(H,25,26)/t18-,24-/m1/s1. The Morgan fingerprint density at radius 1 is 1.03 bits per heavy atom. The zero-order valence-corrected chi connectivity index (χ0v) is 18.6. The summed E-state index contributed by atoms with van der Waals surface area (Å²) in [7, 11) is 4.58. The van der Waals surface area contributed by atoms with Gasteiger partial charge in [-0.15, -0.1) is 0 Å². The maximum atomic E-state index is 13.2. The predicted molar refractivity (Wildman–Crippen MR) is 116 cm³/mol. The molecule has 0 aliphatic heterocycles. The Morgan fingerprint density at radius 3 is 2.16 bits per heavy atom. The van der Waals surface area contributed by atoms with E-state index in [0.29, 0.717) is 30.2 Å². The van der Waals surface area contributed by atoms with Gasteiger partial charge >= 0.3 is 5.97 Å². The van der Waals surface area contributed by atoms with Crippen LogP contribution in [0.25, 0.3) is 0 Å². The number of benzene rings is 2. The fourth-order valence-corrected chi connectivity index (χ4v) is 3.84. The zero-order valence-electron chi connectivity index (χ0n) is 18.6. The summed E-state index contributed by atoms with van der Waals surface area (Å²) in [6.07, 6.45) is 0.351. The number of hydrogen-bond donors (Lipinski definition) is 1. The first-order chi connectivity index (χ1) is 14.9. The molecule has 1 amide bonds. The number of carbonyl (C=O) groups is 2. The molecule has 1 saturated carbocycles. The van der Waals surface area contributed by atoms with Crippen LogP contribution in [0.2, 0.25) is 0 Å². The van der Waals surface area contributed by atoms with Gasteiger partial charge in [0.05, 0.1) is 27.9 Å². The maximum absolute atomic E-state index is 13.2. The second kappa shape index (κ2) is 9.29. The van der Waals surface area contributed by atoms with E-state index in [4.69, 9.17) is 18.9 Å². The smallest absolute Gasteiger partial charge is 0.322 e. The number of rotatable bonds is 9. The number of carbonyl (C=O) groups excluding carboxylic acids is 2. The second-order valence-electron chi connectivity index (χ2n) is 7.58. The van der Waals surface area contributed by atoms with E-state index in [1.807, 2.05) is 31.2 Å². The molecule has 2 aromatic carbocycles. The zero-order chi connectivity index (χ0) is 22.6. The summed E-state index contributed by atoms with van der Waals surface area (Å²) in [5, 5.41) is 2.91. The van der Waals surface area contributed by atoms with Gasteiger partial charge in [-0.05, 0) is 43.5 Å². The van der Waals surface area contributed by atoms with Crippen LogP contribution in [0.5, 0.6) is 17.2 Å². The summed E-state index contributed by atoms with van der Waals surface area (Å²) >= 11 is 0. The summed E-state index contributed by atoms with van der Waals surface area (Å²) in [6, 6.07) is 11.4. The van der Waals surface area contributed by atoms with Crippen LogP contribution in [-0.2, 0) is 20.9 Å². The minimum atomic E-state index is -1.27. The molecular weight excluding hydrogens is 398 g/mol. The van der Waals surface area contributed by atoms with Crippen molar-refractivity contribution in [2.24, 2.45) is 5.41 Å². The largest absolute Gasteiger partial charge is 0.493 e. The number of esters is 1. The Labute approximate surface area is 182 Å². The third-order valence-electron chi connectivity index (χ3n) is 5.67. The molecule has 2 atom stereocenters. The van der Waals surface area contributed by atoms with E-state index in [1.54, 1.807) is 19.1 Å². The molecule has 0 spiro atoms. The van der Waals surface area contributed by atoms with Gasteiger partial charge in [-0.2, -0.15) is 0 Å². The van der Waals surface area contributed by atoms with Gasteiger partial charge in [-0.1, -0.05) is 29.8 Å². The molecule has 31 heavy (non-hydrogen) atoms. The van der Waals surface area contributed by atoms with Crippen molar-refractivity contribution < 1.29 is 28.5 Å². The Bertz CT molecular complexity index is 930. The van der Waals surface area contributed by atoms with Crippen molar-refractivity contribution in [2.75, 3.05) is 27.9 Å². The van der Waals surface area contributed by atoms with Crippen LogP contribution in [0.3, 0.4) is 0 Å². The minimum Gasteiger partial charge on any atom is -0.493 e. The molecule has 7 heteroatoms. The SMILES string of the molecule is CCOC(=O)[C@]1(C(=O)NCc2ccc(C)cc2)C[C@@H]1c1cc(OC)c(OC)c(OC)c1. The molecule has 3 rings (SSSR count). The van der Waals surface area contributed by atoms with Crippen LogP contribution >= 0.6 is 0 Å². The van der Waals surface area contributed by atoms with Crippen LogP contribution in [0.1, 0.15) is 36.0 Å². The molecule has 1 N–H and O–H groups in total. The predicted octanol–water partition coefficient (Wildman–Crippen LogP) is 3.37. The first kappa shape index (κ1) is 22.5. The quantitative estimate of drug-likeness (QED) is 0.488. The van der Waals surface area contributed by atoms with Crippen LogP contribution in [-0.4, -0.2) is 39.8 Å². The van der Waals surface area contributed by atoms with Crippen LogP contribution in [0.15, 0.2) is 36.4 Å². The fourth-order valence-electron chi connectivity index (χ4n) is 3.84. The summed E-state index contributed by atoms with van der Waals surface area (Å²) in [6.45, 7) is 4.27. The van der Waals surface area contributed by atoms with Crippen LogP contribution in [0.4, 0.5) is 0 Å². The van der Waals surface area contributed by atoms with Crippen molar-refractivity contribution in [1.29, 1.82) is 0 Å². The number of nitrogens with one attached hydrogen (secondary N) is 1. The first-order valence-electron chi connectivity index (χ1n) is 10.2. The van der Waals surface area contributed by atoms with Crippen LogP contribution in [0, 0.1) is 12.3 Å². The summed E-state index contributed by atoms with van der Waals surface area (Å²) < 4.78 is 21.5. The molecule has 0 aromatic heterocycles. The third-order valence-corrected chi connectivity index (χ3v) is 5.67. The Kier molecular flexibility index (Phi) is 6.73. The van der Waals surface area contributed by atoms with Crippen LogP contribution < -0.4 is 19.5 Å². The maximum Gasteiger partial charge on any atom is 0.322 e. The van der Waals surface area contributed by atoms with Crippen molar-refractivity contribution in [3.8, 4) is 17.2 Å². The number of ether oxygens (including phenoxy) is 4. The van der Waals surface area contributed by atoms with Gasteiger partial charge in [0.1, 0.15) is 0 Å². The normalized spacial score (nSPS) is 19.3. The van der Waals surface area contributed by atoms with E-state index >= 15 is 0 Å². The molecular formula is C24H29NO6. The molecule has 1 fully saturated rings. The van der Waals surface area contributed by atoms with Crippen molar-refractivity contribution in [3.63, 3.8) is 0 Å².